The highest BCUT2D eigenvalue weighted by Crippen LogP contribution is 2.36. The number of nitrogens with one attached hydrogen (secondary N) is 1. The Morgan fingerprint density at radius 3 is 2.60 bits per heavy atom. The third-order valence-corrected chi connectivity index (χ3v) is 3.55. The number of anilines is 1. The maximum absolute atomic E-state index is 12.8. The molecule has 2 aromatic carbocycles. The van der Waals surface area contributed by atoms with Crippen LogP contribution in [-0.4, -0.2) is 12.0 Å². The fraction of sp³-hybridized carbons (Fsp3) is 0.176. The summed E-state index contributed by atoms with van der Waals surface area (Å²) in [6, 6.07) is 11.3. The molecule has 0 saturated heterocycles. The fourth-order valence-electron chi connectivity index (χ4n) is 1.97. The third-order valence-electron chi connectivity index (χ3n) is 3.22. The molecule has 25 heavy (non-hydrogen) atoms. The van der Waals surface area contributed by atoms with Gasteiger partial charge in [0.15, 0.2) is 6.10 Å². The average Bonchev–Trinajstić information content (AvgIpc) is 2.56. The molecule has 130 valence electrons. The van der Waals surface area contributed by atoms with Gasteiger partial charge >= 0.3 is 6.18 Å². The Labute approximate surface area is 146 Å². The van der Waals surface area contributed by atoms with Crippen molar-refractivity contribution < 1.29 is 22.7 Å². The monoisotopic (exact) mass is 368 g/mol. The van der Waals surface area contributed by atoms with Crippen LogP contribution in [-0.2, 0) is 11.0 Å². The number of halogens is 4. The molecule has 0 aliphatic heterocycles. The number of nitriles is 1. The lowest BCUT2D eigenvalue weighted by Crippen LogP contribution is -2.30. The summed E-state index contributed by atoms with van der Waals surface area (Å²) in [7, 11) is 0. The Bertz CT molecular complexity index is 831. The Balaban J connectivity index is 2.13. The van der Waals surface area contributed by atoms with Crippen molar-refractivity contribution in [3.05, 3.63) is 58.6 Å². The van der Waals surface area contributed by atoms with E-state index in [0.29, 0.717) is 0 Å². The van der Waals surface area contributed by atoms with E-state index in [9.17, 15) is 18.0 Å². The topological polar surface area (TPSA) is 62.1 Å². The molecule has 0 bridgehead atoms. The molecule has 0 spiro atoms. The van der Waals surface area contributed by atoms with Gasteiger partial charge in [-0.2, -0.15) is 18.4 Å². The second-order valence-electron chi connectivity index (χ2n) is 5.05. The van der Waals surface area contributed by atoms with Crippen molar-refractivity contribution in [2.45, 2.75) is 19.2 Å². The summed E-state index contributed by atoms with van der Waals surface area (Å²) in [6.07, 6.45) is -5.66. The Morgan fingerprint density at radius 1 is 1.28 bits per heavy atom. The predicted molar refractivity (Wildman–Crippen MR) is 86.3 cm³/mol. The normalized spacial score (nSPS) is 12.2. The molecule has 0 saturated carbocycles. The second-order valence-corrected chi connectivity index (χ2v) is 5.46. The van der Waals surface area contributed by atoms with Gasteiger partial charge < -0.3 is 10.1 Å². The minimum atomic E-state index is -4.63. The van der Waals surface area contributed by atoms with E-state index in [4.69, 9.17) is 21.6 Å². The van der Waals surface area contributed by atoms with Gasteiger partial charge in [0.05, 0.1) is 16.1 Å². The van der Waals surface area contributed by atoms with Gasteiger partial charge in [-0.1, -0.05) is 23.7 Å². The number of hydrogen-bond donors (Lipinski definition) is 1. The molecule has 0 aliphatic carbocycles. The first-order valence-corrected chi connectivity index (χ1v) is 7.43. The van der Waals surface area contributed by atoms with Crippen LogP contribution in [0.5, 0.6) is 5.75 Å². The summed E-state index contributed by atoms with van der Waals surface area (Å²) in [5.41, 5.74) is -0.867. The zero-order valence-electron chi connectivity index (χ0n) is 12.9. The molecular weight excluding hydrogens is 357 g/mol. The van der Waals surface area contributed by atoms with E-state index >= 15 is 0 Å². The SMILES string of the molecule is C[C@@H](Oc1ccccc1C#N)C(=O)Nc1ccc(Cl)c(C(F)(F)F)c1. The lowest BCUT2D eigenvalue weighted by Gasteiger charge is -2.16. The van der Waals surface area contributed by atoms with Crippen LogP contribution in [0.1, 0.15) is 18.1 Å². The van der Waals surface area contributed by atoms with E-state index in [1.165, 1.54) is 25.1 Å². The molecule has 1 amide bonds. The average molecular weight is 369 g/mol. The maximum atomic E-state index is 12.8. The van der Waals surface area contributed by atoms with Crippen LogP contribution in [0.2, 0.25) is 5.02 Å². The Morgan fingerprint density at radius 2 is 1.96 bits per heavy atom. The second kappa shape index (κ2) is 7.45. The maximum Gasteiger partial charge on any atom is 0.417 e. The summed E-state index contributed by atoms with van der Waals surface area (Å²) in [6.45, 7) is 1.42. The Hall–Kier alpha value is -2.72. The number of nitrogens with zero attached hydrogens (tertiary/aromatic N) is 1. The minimum Gasteiger partial charge on any atom is -0.480 e. The van der Waals surface area contributed by atoms with Crippen molar-refractivity contribution in [3.8, 4) is 11.8 Å². The van der Waals surface area contributed by atoms with Gasteiger partial charge in [0.1, 0.15) is 11.8 Å². The highest BCUT2D eigenvalue weighted by Gasteiger charge is 2.33. The number of amides is 1. The van der Waals surface area contributed by atoms with E-state index in [1.807, 2.05) is 6.07 Å². The van der Waals surface area contributed by atoms with Gasteiger partial charge in [0, 0.05) is 5.69 Å². The molecule has 1 atom stereocenters. The van der Waals surface area contributed by atoms with Crippen LogP contribution in [0.3, 0.4) is 0 Å². The molecular formula is C17H12ClF3N2O2. The van der Waals surface area contributed by atoms with Crippen LogP contribution in [0, 0.1) is 11.3 Å². The molecule has 0 unspecified atom stereocenters. The smallest absolute Gasteiger partial charge is 0.417 e. The summed E-state index contributed by atoms with van der Waals surface area (Å²) < 4.78 is 43.9. The number of para-hydroxylation sites is 1. The fourth-order valence-corrected chi connectivity index (χ4v) is 2.19. The zero-order chi connectivity index (χ0) is 18.6. The van der Waals surface area contributed by atoms with Crippen LogP contribution in [0.15, 0.2) is 42.5 Å². The predicted octanol–water partition coefficient (Wildman–Crippen LogP) is 4.64. The minimum absolute atomic E-state index is 0.0641. The van der Waals surface area contributed by atoms with Crippen molar-refractivity contribution >= 4 is 23.2 Å². The van der Waals surface area contributed by atoms with Crippen LogP contribution >= 0.6 is 11.6 Å². The number of hydrogen-bond acceptors (Lipinski definition) is 3. The lowest BCUT2D eigenvalue weighted by atomic mass is 10.2. The van der Waals surface area contributed by atoms with Gasteiger partial charge in [-0.15, -0.1) is 0 Å². The number of alkyl halides is 3. The van der Waals surface area contributed by atoms with E-state index in [0.717, 1.165) is 12.1 Å². The highest BCUT2D eigenvalue weighted by atomic mass is 35.5. The third kappa shape index (κ3) is 4.64. The lowest BCUT2D eigenvalue weighted by molar-refractivity contribution is -0.137. The summed E-state index contributed by atoms with van der Waals surface area (Å²) >= 11 is 5.53. The van der Waals surface area contributed by atoms with Gasteiger partial charge in [-0.25, -0.2) is 0 Å². The van der Waals surface area contributed by atoms with Gasteiger partial charge in [-0.05, 0) is 37.3 Å². The van der Waals surface area contributed by atoms with Crippen LogP contribution in [0.4, 0.5) is 18.9 Å². The largest absolute Gasteiger partial charge is 0.480 e. The molecule has 4 nitrogen and oxygen atoms in total. The summed E-state index contributed by atoms with van der Waals surface area (Å²) in [5.74, 6) is -0.456. The quantitative estimate of drug-likeness (QED) is 0.855. The van der Waals surface area contributed by atoms with Crippen molar-refractivity contribution in [1.82, 2.24) is 0 Å². The molecule has 0 fully saturated rings. The Kier molecular flexibility index (Phi) is 5.55. The number of benzene rings is 2. The van der Waals surface area contributed by atoms with E-state index in [2.05, 4.69) is 5.32 Å². The number of carbonyl (C=O) groups excluding carboxylic acids is 1. The molecule has 0 aliphatic rings. The first-order chi connectivity index (χ1) is 11.7. The molecule has 1 N–H and O–H groups in total. The summed E-state index contributed by atoms with van der Waals surface area (Å²) in [4.78, 5) is 12.1. The molecule has 0 heterocycles. The van der Waals surface area contributed by atoms with Gasteiger partial charge in [0.2, 0.25) is 0 Å². The molecule has 8 heteroatoms. The standard InChI is InChI=1S/C17H12ClF3N2O2/c1-10(25-15-5-3-2-4-11(15)9-22)16(24)23-12-6-7-14(18)13(8-12)17(19,20)21/h2-8,10H,1H3,(H,23,24)/t10-/m1/s1. The van der Waals surface area contributed by atoms with Crippen LogP contribution < -0.4 is 10.1 Å². The first kappa shape index (κ1) is 18.6. The first-order valence-electron chi connectivity index (χ1n) is 7.05. The molecule has 2 aromatic rings. The van der Waals surface area contributed by atoms with Crippen molar-refractivity contribution in [2.75, 3.05) is 5.32 Å². The van der Waals surface area contributed by atoms with Crippen LogP contribution in [0.25, 0.3) is 0 Å². The van der Waals surface area contributed by atoms with Crippen molar-refractivity contribution in [1.29, 1.82) is 5.26 Å². The molecule has 0 aromatic heterocycles. The number of rotatable bonds is 4. The van der Waals surface area contributed by atoms with Crippen molar-refractivity contribution in [2.24, 2.45) is 0 Å². The molecule has 2 rings (SSSR count). The number of ether oxygens (including phenoxy) is 1. The van der Waals surface area contributed by atoms with E-state index in [1.54, 1.807) is 12.1 Å². The van der Waals surface area contributed by atoms with Gasteiger partial charge in [-0.3, -0.25) is 4.79 Å². The zero-order valence-corrected chi connectivity index (χ0v) is 13.7. The van der Waals surface area contributed by atoms with Crippen molar-refractivity contribution in [3.63, 3.8) is 0 Å². The highest BCUT2D eigenvalue weighted by molar-refractivity contribution is 6.31. The molecule has 0 radical (unpaired) electrons. The van der Waals surface area contributed by atoms with E-state index < -0.39 is 28.8 Å². The summed E-state index contributed by atoms with van der Waals surface area (Å²) in [5, 5.41) is 10.9. The number of carbonyl (C=O) groups is 1. The van der Waals surface area contributed by atoms with Gasteiger partial charge in [0.25, 0.3) is 5.91 Å². The van der Waals surface area contributed by atoms with E-state index in [-0.39, 0.29) is 17.0 Å².